The largest absolute Gasteiger partial charge is 0.391 e. The number of rotatable bonds is 0. The number of aliphatic hydroxyl groups is 1. The van der Waals surface area contributed by atoms with Crippen molar-refractivity contribution >= 4 is 0 Å². The molecule has 0 unspecified atom stereocenters. The summed E-state index contributed by atoms with van der Waals surface area (Å²) in [5, 5.41) is 12.9. The molecule has 2 N–H and O–H groups in total. The van der Waals surface area contributed by atoms with Crippen LogP contribution < -0.4 is 5.32 Å². The summed E-state index contributed by atoms with van der Waals surface area (Å²) in [4.78, 5) is 0. The summed E-state index contributed by atoms with van der Waals surface area (Å²) < 4.78 is 0. The van der Waals surface area contributed by atoms with Crippen LogP contribution in [0.5, 0.6) is 0 Å². The zero-order valence-electron chi connectivity index (χ0n) is 6.38. The molecule has 0 aromatic carbocycles. The van der Waals surface area contributed by atoms with Crippen molar-refractivity contribution in [2.24, 2.45) is 5.92 Å². The maximum Gasteiger partial charge on any atom is 0.0696 e. The summed E-state index contributed by atoms with van der Waals surface area (Å²) >= 11 is 0. The first-order valence-corrected chi connectivity index (χ1v) is 4.21. The first kappa shape index (κ1) is 6.62. The molecule has 1 saturated heterocycles. The smallest absolute Gasteiger partial charge is 0.0696 e. The zero-order chi connectivity index (χ0) is 7.14. The van der Waals surface area contributed by atoms with Crippen molar-refractivity contribution in [3.05, 3.63) is 0 Å². The van der Waals surface area contributed by atoms with Gasteiger partial charge in [0.05, 0.1) is 6.10 Å². The van der Waals surface area contributed by atoms with Gasteiger partial charge >= 0.3 is 0 Å². The predicted molar refractivity (Wildman–Crippen MR) is 39.7 cm³/mol. The molecule has 1 aliphatic carbocycles. The van der Waals surface area contributed by atoms with E-state index in [2.05, 4.69) is 12.2 Å². The van der Waals surface area contributed by atoms with E-state index in [1.54, 1.807) is 0 Å². The molecule has 2 heteroatoms. The second kappa shape index (κ2) is 2.21. The summed E-state index contributed by atoms with van der Waals surface area (Å²) in [5.74, 6) is 0.769. The molecular weight excluding hydrogens is 126 g/mol. The Hall–Kier alpha value is -0.0800. The fourth-order valence-corrected chi connectivity index (χ4v) is 2.42. The summed E-state index contributed by atoms with van der Waals surface area (Å²) in [6, 6.07) is 1.06. The number of fused-ring (bicyclic) bond motifs is 1. The second-order valence-corrected chi connectivity index (χ2v) is 3.73. The summed E-state index contributed by atoms with van der Waals surface area (Å²) in [7, 11) is 0. The molecule has 0 bridgehead atoms. The van der Waals surface area contributed by atoms with E-state index in [0.29, 0.717) is 12.1 Å². The Bertz CT molecular complexity index is 137. The van der Waals surface area contributed by atoms with Gasteiger partial charge in [0.2, 0.25) is 0 Å². The molecule has 4 atom stereocenters. The number of nitrogens with one attached hydrogen (secondary N) is 1. The van der Waals surface area contributed by atoms with Gasteiger partial charge < -0.3 is 10.4 Å². The van der Waals surface area contributed by atoms with Gasteiger partial charge in [-0.25, -0.2) is 0 Å². The van der Waals surface area contributed by atoms with Crippen molar-refractivity contribution < 1.29 is 5.11 Å². The zero-order valence-corrected chi connectivity index (χ0v) is 6.38. The van der Waals surface area contributed by atoms with Gasteiger partial charge in [-0.15, -0.1) is 0 Å². The van der Waals surface area contributed by atoms with Gasteiger partial charge in [0.1, 0.15) is 0 Å². The average Bonchev–Trinajstić information content (AvgIpc) is 2.35. The first-order chi connectivity index (χ1) is 4.77. The molecule has 2 rings (SSSR count). The molecule has 0 aromatic heterocycles. The van der Waals surface area contributed by atoms with E-state index >= 15 is 0 Å². The van der Waals surface area contributed by atoms with E-state index in [1.165, 1.54) is 12.8 Å². The quantitative estimate of drug-likeness (QED) is 0.515. The predicted octanol–water partition coefficient (Wildman–Crippen LogP) is 0.508. The third-order valence-electron chi connectivity index (χ3n) is 2.89. The third-order valence-corrected chi connectivity index (χ3v) is 2.89. The van der Waals surface area contributed by atoms with Crippen molar-refractivity contribution in [3.8, 4) is 0 Å². The third kappa shape index (κ3) is 0.867. The molecule has 58 valence electrons. The Labute approximate surface area is 61.6 Å². The Kier molecular flexibility index (Phi) is 1.46. The molecule has 0 amide bonds. The average molecular weight is 141 g/mol. The Morgan fingerprint density at radius 3 is 2.90 bits per heavy atom. The Balaban J connectivity index is 2.05. The van der Waals surface area contributed by atoms with E-state index < -0.39 is 0 Å². The Morgan fingerprint density at radius 2 is 2.20 bits per heavy atom. The van der Waals surface area contributed by atoms with Crippen LogP contribution in [0.25, 0.3) is 0 Å². The summed E-state index contributed by atoms with van der Waals surface area (Å²) in [6.07, 6.45) is 3.44. The fourth-order valence-electron chi connectivity index (χ4n) is 2.42. The van der Waals surface area contributed by atoms with E-state index in [1.807, 2.05) is 0 Å². The molecule has 0 radical (unpaired) electrons. The molecule has 1 aliphatic heterocycles. The molecular formula is C8H15NO. The topological polar surface area (TPSA) is 32.3 Å². The monoisotopic (exact) mass is 141 g/mol. The van der Waals surface area contributed by atoms with Crippen LogP contribution in [0.15, 0.2) is 0 Å². The number of aliphatic hydroxyl groups excluding tert-OH is 1. The SMILES string of the molecule is C[C@@H]1C[C@@H]2CC[C@@H](O)[C@H]2N1. The maximum absolute atomic E-state index is 9.45. The fraction of sp³-hybridized carbons (Fsp3) is 1.00. The molecule has 1 heterocycles. The minimum atomic E-state index is -0.0602. The first-order valence-electron chi connectivity index (χ1n) is 4.21. The molecule has 0 aromatic rings. The Morgan fingerprint density at radius 1 is 1.40 bits per heavy atom. The van der Waals surface area contributed by atoms with E-state index in [9.17, 15) is 5.11 Å². The number of hydrogen-bond donors (Lipinski definition) is 2. The van der Waals surface area contributed by atoms with E-state index in [4.69, 9.17) is 0 Å². The van der Waals surface area contributed by atoms with Gasteiger partial charge in [-0.1, -0.05) is 0 Å². The van der Waals surface area contributed by atoms with Crippen LogP contribution in [0.1, 0.15) is 26.2 Å². The van der Waals surface area contributed by atoms with Crippen LogP contribution in [0.4, 0.5) is 0 Å². The molecule has 2 nitrogen and oxygen atoms in total. The van der Waals surface area contributed by atoms with Gasteiger partial charge in [0.25, 0.3) is 0 Å². The number of hydrogen-bond acceptors (Lipinski definition) is 2. The molecule has 0 spiro atoms. The van der Waals surface area contributed by atoms with Crippen molar-refractivity contribution in [2.75, 3.05) is 0 Å². The molecule has 1 saturated carbocycles. The van der Waals surface area contributed by atoms with Crippen molar-refractivity contribution in [3.63, 3.8) is 0 Å². The minimum absolute atomic E-state index is 0.0602. The lowest BCUT2D eigenvalue weighted by molar-refractivity contribution is 0.149. The van der Waals surface area contributed by atoms with Crippen LogP contribution in [-0.2, 0) is 0 Å². The van der Waals surface area contributed by atoms with E-state index in [-0.39, 0.29) is 6.10 Å². The lowest BCUT2D eigenvalue weighted by Gasteiger charge is -2.13. The van der Waals surface area contributed by atoms with Gasteiger partial charge in [-0.3, -0.25) is 0 Å². The molecule has 10 heavy (non-hydrogen) atoms. The lowest BCUT2D eigenvalue weighted by Crippen LogP contribution is -2.36. The van der Waals surface area contributed by atoms with Crippen LogP contribution in [0.3, 0.4) is 0 Å². The molecule has 2 aliphatic rings. The van der Waals surface area contributed by atoms with Crippen LogP contribution in [-0.4, -0.2) is 23.3 Å². The maximum atomic E-state index is 9.45. The van der Waals surface area contributed by atoms with Gasteiger partial charge in [-0.2, -0.15) is 0 Å². The van der Waals surface area contributed by atoms with Crippen LogP contribution in [0.2, 0.25) is 0 Å². The van der Waals surface area contributed by atoms with Crippen LogP contribution >= 0.6 is 0 Å². The van der Waals surface area contributed by atoms with Crippen LogP contribution in [0, 0.1) is 5.92 Å². The van der Waals surface area contributed by atoms with Crippen molar-refractivity contribution in [2.45, 2.75) is 44.4 Å². The van der Waals surface area contributed by atoms with Crippen molar-refractivity contribution in [1.29, 1.82) is 0 Å². The summed E-state index contributed by atoms with van der Waals surface area (Å²) in [6.45, 7) is 2.20. The molecule has 2 fully saturated rings. The van der Waals surface area contributed by atoms with E-state index in [0.717, 1.165) is 12.3 Å². The second-order valence-electron chi connectivity index (χ2n) is 3.73. The van der Waals surface area contributed by atoms with Gasteiger partial charge in [-0.05, 0) is 32.1 Å². The highest BCUT2D eigenvalue weighted by Gasteiger charge is 2.40. The van der Waals surface area contributed by atoms with Crippen molar-refractivity contribution in [1.82, 2.24) is 5.32 Å². The highest BCUT2D eigenvalue weighted by atomic mass is 16.3. The summed E-state index contributed by atoms with van der Waals surface area (Å²) in [5.41, 5.74) is 0. The normalized spacial score (nSPS) is 53.4. The van der Waals surface area contributed by atoms with Gasteiger partial charge in [0, 0.05) is 12.1 Å². The minimum Gasteiger partial charge on any atom is -0.391 e. The lowest BCUT2D eigenvalue weighted by atomic mass is 10.0. The van der Waals surface area contributed by atoms with Gasteiger partial charge in [0.15, 0.2) is 0 Å². The highest BCUT2D eigenvalue weighted by Crippen LogP contribution is 2.34. The standard InChI is InChI=1S/C8H15NO/c1-5-4-6-2-3-7(10)8(6)9-5/h5-10H,2-4H2,1H3/t5-,6+,7-,8+/m1/s1. The highest BCUT2D eigenvalue weighted by molar-refractivity contribution is 4.97.